The number of nitrogens with zero attached hydrogens (tertiary/aromatic N) is 3. The Hall–Kier alpha value is -2.83. The van der Waals surface area contributed by atoms with Crippen LogP contribution < -0.4 is 14.5 Å². The summed E-state index contributed by atoms with van der Waals surface area (Å²) in [7, 11) is -2.19. The summed E-state index contributed by atoms with van der Waals surface area (Å²) in [5.41, 5.74) is 11.2. The van der Waals surface area contributed by atoms with Gasteiger partial charge in [-0.15, -0.1) is 0 Å². The van der Waals surface area contributed by atoms with Gasteiger partial charge in [-0.05, 0) is 0 Å². The first-order chi connectivity index (χ1) is 19.2. The molecule has 4 rings (SSSR count). The second-order valence-corrected chi connectivity index (χ2v) is 16.7. The van der Waals surface area contributed by atoms with Crippen LogP contribution in [0.4, 0.5) is 11.4 Å². The van der Waals surface area contributed by atoms with Gasteiger partial charge in [0.15, 0.2) is 0 Å². The van der Waals surface area contributed by atoms with Gasteiger partial charge in [0.05, 0.1) is 0 Å². The Balaban J connectivity index is 1.97. The van der Waals surface area contributed by atoms with Crippen LogP contribution in [-0.2, 0) is 16.2 Å². The molecular weight excluding hydrogens is 620 g/mol. The van der Waals surface area contributed by atoms with Crippen LogP contribution in [0.2, 0.25) is 0 Å². The average molecular weight is 663 g/mol. The summed E-state index contributed by atoms with van der Waals surface area (Å²) in [5, 5.41) is 11.9. The van der Waals surface area contributed by atoms with E-state index in [9.17, 15) is 10.1 Å². The molecule has 1 heterocycles. The Bertz CT molecular complexity index is 1460. The molecule has 0 radical (unpaired) electrons. The van der Waals surface area contributed by atoms with E-state index in [0.29, 0.717) is 0 Å². The van der Waals surface area contributed by atoms with Crippen molar-refractivity contribution in [2.45, 2.75) is 66.4 Å². The molecule has 0 spiro atoms. The van der Waals surface area contributed by atoms with E-state index in [-0.39, 0.29) is 10.4 Å². The van der Waals surface area contributed by atoms with Crippen LogP contribution in [0.25, 0.3) is 0 Å². The molecule has 8 heteroatoms. The Labute approximate surface area is 254 Å². The minimum absolute atomic E-state index is 0.00233. The van der Waals surface area contributed by atoms with E-state index in [4.69, 9.17) is 4.74 Å². The summed E-state index contributed by atoms with van der Waals surface area (Å²) in [6, 6.07) is 14.8. The van der Waals surface area contributed by atoms with E-state index in [1.54, 1.807) is 12.5 Å². The van der Waals surface area contributed by atoms with Gasteiger partial charge in [0.25, 0.3) is 0 Å². The van der Waals surface area contributed by atoms with Crippen LogP contribution in [-0.4, -0.2) is 45.0 Å². The van der Waals surface area contributed by atoms with Gasteiger partial charge in [0, 0.05) is 0 Å². The Kier molecular flexibility index (Phi) is 9.25. The molecule has 6 nitrogen and oxygen atoms in total. The zero-order valence-electron chi connectivity index (χ0n) is 25.9. The molecule has 1 aliphatic rings. The maximum absolute atomic E-state index is 11.9. The van der Waals surface area contributed by atoms with Crippen LogP contribution in [0.3, 0.4) is 0 Å². The molecule has 41 heavy (non-hydrogen) atoms. The topological polar surface area (TPSA) is 58.9 Å². The van der Waals surface area contributed by atoms with Crippen molar-refractivity contribution in [2.24, 2.45) is 0 Å². The third-order valence-corrected chi connectivity index (χ3v) is 11.7. The van der Waals surface area contributed by atoms with Crippen molar-refractivity contribution >= 4 is 30.6 Å². The molecule has 1 fully saturated rings. The summed E-state index contributed by atoms with van der Waals surface area (Å²) in [5.74, 6) is 0.777. The summed E-state index contributed by atoms with van der Waals surface area (Å²) in [4.78, 5) is 17.7. The molecule has 0 atom stereocenters. The van der Waals surface area contributed by atoms with Crippen molar-refractivity contribution in [1.82, 2.24) is 0 Å². The quantitative estimate of drug-likeness (QED) is 0.151. The van der Waals surface area contributed by atoms with Gasteiger partial charge in [-0.1, -0.05) is 0 Å². The molecule has 0 aromatic heterocycles. The predicted molar refractivity (Wildman–Crippen MR) is 173 cm³/mol. The molecular formula is C33H43N3O3RuS. The van der Waals surface area contributed by atoms with E-state index in [2.05, 4.69) is 80.2 Å². The van der Waals surface area contributed by atoms with Crippen LogP contribution in [0, 0.1) is 51.7 Å². The van der Waals surface area contributed by atoms with Crippen molar-refractivity contribution in [3.63, 3.8) is 0 Å². The molecule has 0 amide bonds. The summed E-state index contributed by atoms with van der Waals surface area (Å²) in [6.45, 7) is 19.0. The van der Waals surface area contributed by atoms with E-state index in [1.807, 2.05) is 32.0 Å². The first-order valence-electron chi connectivity index (χ1n) is 13.9. The second-order valence-electron chi connectivity index (χ2n) is 11.6. The van der Waals surface area contributed by atoms with E-state index < -0.39 is 26.4 Å². The second kappa shape index (κ2) is 12.2. The fourth-order valence-corrected chi connectivity index (χ4v) is 8.89. The Morgan fingerprint density at radius 2 is 1.32 bits per heavy atom. The van der Waals surface area contributed by atoms with Crippen molar-refractivity contribution in [3.05, 3.63) is 91.5 Å². The number of ether oxygens (including phenoxy) is 1. The number of hydrogen-bond acceptors (Lipinski definition) is 5. The van der Waals surface area contributed by atoms with Crippen molar-refractivity contribution in [2.75, 3.05) is 35.4 Å². The third-order valence-electron chi connectivity index (χ3n) is 7.34. The van der Waals surface area contributed by atoms with Gasteiger partial charge in [-0.2, -0.15) is 0 Å². The van der Waals surface area contributed by atoms with Crippen molar-refractivity contribution < 1.29 is 25.3 Å². The monoisotopic (exact) mass is 663 g/mol. The van der Waals surface area contributed by atoms with Gasteiger partial charge in [-0.3, -0.25) is 0 Å². The van der Waals surface area contributed by atoms with Gasteiger partial charge in [-0.25, -0.2) is 0 Å². The molecule has 0 bridgehead atoms. The molecule has 0 saturated carbocycles. The number of nitro groups is 1. The van der Waals surface area contributed by atoms with Crippen LogP contribution in [0.15, 0.2) is 47.4 Å². The number of anilines is 2. The summed E-state index contributed by atoms with van der Waals surface area (Å²) < 4.78 is 9.64. The molecule has 0 unspecified atom stereocenters. The Morgan fingerprint density at radius 3 is 1.73 bits per heavy atom. The Morgan fingerprint density at radius 1 is 0.854 bits per heavy atom. The molecule has 1 aliphatic heterocycles. The zero-order chi connectivity index (χ0) is 30.2. The molecule has 3 aromatic rings. The van der Waals surface area contributed by atoms with Crippen LogP contribution in [0.1, 0.15) is 52.8 Å². The predicted octanol–water partition coefficient (Wildman–Crippen LogP) is 7.29. The molecule has 0 N–H and O–H groups in total. The fraction of sp³-hybridized carbons (Fsp3) is 0.394. The summed E-state index contributed by atoms with van der Waals surface area (Å²) >= 11 is -0.421. The molecule has 222 valence electrons. The maximum atomic E-state index is 11.9. The first-order valence-corrected chi connectivity index (χ1v) is 18.2. The number of benzene rings is 3. The fourth-order valence-electron chi connectivity index (χ4n) is 5.70. The first kappa shape index (κ1) is 31.1. The van der Waals surface area contributed by atoms with Crippen LogP contribution >= 0.6 is 10.2 Å². The standard InChI is InChI=1S/C21H26N2.C12H17NO3S.Ru/c1-14-9-16(3)20(17(4)10-14)22-7-8-23(13-22)21-18(5)11-15(2)12-19(21)6;1-9(2)16-12-7-6-11(8-10(12)3)17(4,5)13(14)15;/h9-12H,7-8H2,1-6H3;3,6-9H,1-2,4-5H3;. The van der Waals surface area contributed by atoms with E-state index in [1.165, 1.54) is 49.1 Å². The molecule has 0 aliphatic carbocycles. The number of rotatable bonds is 7. The number of hydrogen-bond donors (Lipinski definition) is 0. The van der Waals surface area contributed by atoms with E-state index in [0.717, 1.165) is 29.3 Å². The van der Waals surface area contributed by atoms with Crippen molar-refractivity contribution in [1.29, 1.82) is 0 Å². The molecule has 1 saturated heterocycles. The minimum atomic E-state index is -2.19. The number of aryl methyl sites for hydroxylation is 6. The summed E-state index contributed by atoms with van der Waals surface area (Å²) in [6.07, 6.45) is 3.48. The molecule has 3 aromatic carbocycles. The zero-order valence-corrected chi connectivity index (χ0v) is 28.5. The van der Waals surface area contributed by atoms with Crippen molar-refractivity contribution in [3.8, 4) is 5.75 Å². The van der Waals surface area contributed by atoms with Gasteiger partial charge < -0.3 is 0 Å². The van der Waals surface area contributed by atoms with Gasteiger partial charge in [0.1, 0.15) is 0 Å². The third kappa shape index (κ3) is 6.49. The van der Waals surface area contributed by atoms with Crippen LogP contribution in [0.5, 0.6) is 5.75 Å². The van der Waals surface area contributed by atoms with Gasteiger partial charge >= 0.3 is 255 Å². The average Bonchev–Trinajstić information content (AvgIpc) is 3.24. The SMILES string of the molecule is Cc1cc(C)c(N2CCN(c3c(C)cc(C)cc3C)[C]2=[Ru]=[CH]c2cc(S(C)(C)[N+](=O)[O-])ccc2OC(C)C)c(C)c1. The van der Waals surface area contributed by atoms with E-state index >= 15 is 0 Å². The van der Waals surface area contributed by atoms with Gasteiger partial charge in [0.2, 0.25) is 0 Å². The normalized spacial score (nSPS) is 14.2.